The first kappa shape index (κ1) is 14.9. The molecule has 3 nitrogen and oxygen atoms in total. The molecule has 0 saturated carbocycles. The number of halogens is 1. The smallest absolute Gasteiger partial charge is 0.282 e. The van der Waals surface area contributed by atoms with E-state index in [1.165, 1.54) is 0 Å². The predicted molar refractivity (Wildman–Crippen MR) is 90.6 cm³/mol. The lowest BCUT2D eigenvalue weighted by Crippen LogP contribution is -2.18. The number of carbonyl (C=O) groups excluding carboxylic acids is 2. The lowest BCUT2D eigenvalue weighted by atomic mass is 9.99. The number of carbonyl (C=O) groups is 2. The van der Waals surface area contributed by atoms with Gasteiger partial charge in [-0.2, -0.15) is 0 Å². The van der Waals surface area contributed by atoms with Crippen LogP contribution in [0.2, 0.25) is 5.02 Å². The van der Waals surface area contributed by atoms with Gasteiger partial charge in [-0.05, 0) is 35.4 Å². The Kier molecular flexibility index (Phi) is 4.05. The lowest BCUT2D eigenvalue weighted by molar-refractivity contribution is -0.115. The van der Waals surface area contributed by atoms with Gasteiger partial charge in [0.15, 0.2) is 0 Å². The van der Waals surface area contributed by atoms with Crippen LogP contribution in [0.4, 0.5) is 4.79 Å². The highest BCUT2D eigenvalue weighted by Gasteiger charge is 2.28. The molecule has 0 aromatic heterocycles. The minimum absolute atomic E-state index is 0.352. The van der Waals surface area contributed by atoms with E-state index < -0.39 is 0 Å². The Balaban J connectivity index is 2.12. The highest BCUT2D eigenvalue weighted by molar-refractivity contribution is 8.18. The Bertz CT molecular complexity index is 800. The molecule has 0 spiro atoms. The topological polar surface area (TPSA) is 46.2 Å². The Labute approximate surface area is 137 Å². The summed E-state index contributed by atoms with van der Waals surface area (Å²) in [5, 5.41) is 2.49. The standard InChI is InChI=1S/C17H12ClNO2S/c1-10(15-16(20)19-17(21)22-15)12-8-5-9-13(14(12)18)11-6-3-2-4-7-11/h2-9H,1H3,(H,19,20,21)/b15-10-. The van der Waals surface area contributed by atoms with E-state index in [-0.39, 0.29) is 11.1 Å². The fourth-order valence-corrected chi connectivity index (χ4v) is 3.46. The van der Waals surface area contributed by atoms with Crippen molar-refractivity contribution in [2.75, 3.05) is 0 Å². The predicted octanol–water partition coefficient (Wildman–Crippen LogP) is 4.72. The average molecular weight is 330 g/mol. The van der Waals surface area contributed by atoms with Crippen molar-refractivity contribution >= 4 is 40.1 Å². The number of thioether (sulfide) groups is 1. The number of imide groups is 1. The van der Waals surface area contributed by atoms with Gasteiger partial charge in [0.05, 0.1) is 9.93 Å². The van der Waals surface area contributed by atoms with Crippen LogP contribution in [0.5, 0.6) is 0 Å². The fourth-order valence-electron chi connectivity index (χ4n) is 2.35. The summed E-state index contributed by atoms with van der Waals surface area (Å²) in [6.45, 7) is 1.80. The number of amides is 2. The van der Waals surface area contributed by atoms with Crippen molar-refractivity contribution in [2.24, 2.45) is 0 Å². The summed E-state index contributed by atoms with van der Waals surface area (Å²) in [5.74, 6) is -0.367. The zero-order chi connectivity index (χ0) is 15.7. The molecular formula is C17H12ClNO2S. The molecule has 0 bridgehead atoms. The summed E-state index contributed by atoms with van der Waals surface area (Å²) in [7, 11) is 0. The van der Waals surface area contributed by atoms with Crippen molar-refractivity contribution < 1.29 is 9.59 Å². The van der Waals surface area contributed by atoms with E-state index >= 15 is 0 Å². The molecule has 22 heavy (non-hydrogen) atoms. The first-order chi connectivity index (χ1) is 10.6. The van der Waals surface area contributed by atoms with Gasteiger partial charge < -0.3 is 0 Å². The van der Waals surface area contributed by atoms with E-state index in [1.54, 1.807) is 6.92 Å². The quantitative estimate of drug-likeness (QED) is 0.811. The van der Waals surface area contributed by atoms with Gasteiger partial charge in [-0.25, -0.2) is 0 Å². The second-order valence-corrected chi connectivity index (χ2v) is 6.19. The molecule has 1 fully saturated rings. The number of allylic oxidation sites excluding steroid dienone is 1. The van der Waals surface area contributed by atoms with E-state index in [1.807, 2.05) is 48.5 Å². The third kappa shape index (κ3) is 2.67. The zero-order valence-corrected chi connectivity index (χ0v) is 13.3. The summed E-state index contributed by atoms with van der Waals surface area (Å²) in [6.07, 6.45) is 0. The molecule has 2 aromatic carbocycles. The van der Waals surface area contributed by atoms with Gasteiger partial charge >= 0.3 is 0 Å². The van der Waals surface area contributed by atoms with Gasteiger partial charge in [-0.3, -0.25) is 14.9 Å². The molecule has 3 rings (SSSR count). The van der Waals surface area contributed by atoms with Crippen molar-refractivity contribution in [3.63, 3.8) is 0 Å². The average Bonchev–Trinajstić information content (AvgIpc) is 2.86. The first-order valence-corrected chi connectivity index (χ1v) is 7.85. The van der Waals surface area contributed by atoms with Gasteiger partial charge in [0, 0.05) is 5.56 Å². The summed E-state index contributed by atoms with van der Waals surface area (Å²) in [4.78, 5) is 23.5. The molecule has 1 saturated heterocycles. The zero-order valence-electron chi connectivity index (χ0n) is 11.7. The van der Waals surface area contributed by atoms with Crippen molar-refractivity contribution in [3.8, 4) is 11.1 Å². The molecule has 1 aliphatic rings. The van der Waals surface area contributed by atoms with Crippen LogP contribution in [0, 0.1) is 0 Å². The lowest BCUT2D eigenvalue weighted by Gasteiger charge is -2.11. The maximum Gasteiger partial charge on any atom is 0.290 e. The second-order valence-electron chi connectivity index (χ2n) is 4.83. The monoisotopic (exact) mass is 329 g/mol. The largest absolute Gasteiger partial charge is 0.290 e. The minimum atomic E-state index is -0.367. The molecule has 0 unspecified atom stereocenters. The van der Waals surface area contributed by atoms with Crippen LogP contribution in [-0.4, -0.2) is 11.1 Å². The molecule has 2 amide bonds. The van der Waals surface area contributed by atoms with E-state index in [0.29, 0.717) is 15.5 Å². The Morgan fingerprint density at radius 1 is 1.05 bits per heavy atom. The molecule has 1 aliphatic heterocycles. The van der Waals surface area contributed by atoms with Gasteiger partial charge in [-0.1, -0.05) is 60.1 Å². The normalized spacial score (nSPS) is 16.6. The molecule has 1 heterocycles. The van der Waals surface area contributed by atoms with Gasteiger partial charge in [0.1, 0.15) is 0 Å². The van der Waals surface area contributed by atoms with Crippen molar-refractivity contribution in [2.45, 2.75) is 6.92 Å². The van der Waals surface area contributed by atoms with Gasteiger partial charge in [0.2, 0.25) is 0 Å². The second kappa shape index (κ2) is 5.99. The molecule has 2 aromatic rings. The maximum absolute atomic E-state index is 11.8. The SMILES string of the molecule is C/C(=C1/SC(=O)NC1=O)c1cccc(-c2ccccc2)c1Cl. The van der Waals surface area contributed by atoms with Crippen LogP contribution in [0.25, 0.3) is 16.7 Å². The van der Waals surface area contributed by atoms with Gasteiger partial charge in [0.25, 0.3) is 11.1 Å². The first-order valence-electron chi connectivity index (χ1n) is 6.66. The third-order valence-corrected chi connectivity index (χ3v) is 4.84. The van der Waals surface area contributed by atoms with E-state index in [0.717, 1.165) is 28.5 Å². The molecule has 110 valence electrons. The van der Waals surface area contributed by atoms with E-state index in [2.05, 4.69) is 5.32 Å². The van der Waals surface area contributed by atoms with Gasteiger partial charge in [-0.15, -0.1) is 0 Å². The highest BCUT2D eigenvalue weighted by atomic mass is 35.5. The van der Waals surface area contributed by atoms with Crippen LogP contribution in [-0.2, 0) is 4.79 Å². The van der Waals surface area contributed by atoms with Crippen LogP contribution >= 0.6 is 23.4 Å². The highest BCUT2D eigenvalue weighted by Crippen LogP contribution is 2.38. The van der Waals surface area contributed by atoms with E-state index in [9.17, 15) is 9.59 Å². The Hall–Kier alpha value is -2.04. The minimum Gasteiger partial charge on any atom is -0.282 e. The number of benzene rings is 2. The fraction of sp³-hybridized carbons (Fsp3) is 0.0588. The maximum atomic E-state index is 11.8. The summed E-state index contributed by atoms with van der Waals surface area (Å²) < 4.78 is 0. The number of nitrogens with one attached hydrogen (secondary N) is 1. The molecule has 0 atom stereocenters. The number of hydrogen-bond acceptors (Lipinski definition) is 3. The van der Waals surface area contributed by atoms with Crippen LogP contribution in [0.1, 0.15) is 12.5 Å². The molecular weight excluding hydrogens is 318 g/mol. The number of hydrogen-bond donors (Lipinski definition) is 1. The van der Waals surface area contributed by atoms with Crippen molar-refractivity contribution in [1.82, 2.24) is 5.32 Å². The Morgan fingerprint density at radius 2 is 1.77 bits per heavy atom. The van der Waals surface area contributed by atoms with Crippen LogP contribution < -0.4 is 5.32 Å². The summed E-state index contributed by atoms with van der Waals surface area (Å²) >= 11 is 7.45. The van der Waals surface area contributed by atoms with Crippen molar-refractivity contribution in [3.05, 3.63) is 64.0 Å². The van der Waals surface area contributed by atoms with Crippen LogP contribution in [0.3, 0.4) is 0 Å². The molecule has 5 heteroatoms. The number of rotatable bonds is 2. The molecule has 0 aliphatic carbocycles. The Morgan fingerprint density at radius 3 is 2.41 bits per heavy atom. The summed E-state index contributed by atoms with van der Waals surface area (Å²) in [6, 6.07) is 15.5. The summed E-state index contributed by atoms with van der Waals surface area (Å²) in [5.41, 5.74) is 3.37. The third-order valence-electron chi connectivity index (χ3n) is 3.44. The van der Waals surface area contributed by atoms with Crippen molar-refractivity contribution in [1.29, 1.82) is 0 Å². The van der Waals surface area contributed by atoms with E-state index in [4.69, 9.17) is 11.6 Å². The molecule has 1 N–H and O–H groups in total. The molecule has 0 radical (unpaired) electrons. The van der Waals surface area contributed by atoms with Crippen LogP contribution in [0.15, 0.2) is 53.4 Å².